The standard InChI is InChI=1S/C27H20N2S/c30-27(28-21-13-5-2-6-14-21)26(19-20-11-3-1-4-12-20)29-24-17-9-7-15-22(24)23-16-8-10-18-25(23)29/h1-19H,(H,28,30). The largest absolute Gasteiger partial charge is 0.345 e. The summed E-state index contributed by atoms with van der Waals surface area (Å²) in [6, 6.07) is 37.3. The van der Waals surface area contributed by atoms with E-state index in [1.165, 1.54) is 10.8 Å². The molecule has 0 amide bonds. The molecule has 0 aliphatic heterocycles. The maximum Gasteiger partial charge on any atom is 0.128 e. The van der Waals surface area contributed by atoms with Crippen LogP contribution < -0.4 is 5.32 Å². The van der Waals surface area contributed by atoms with Crippen molar-refractivity contribution in [1.29, 1.82) is 0 Å². The number of fused-ring (bicyclic) bond motifs is 3. The lowest BCUT2D eigenvalue weighted by atomic mass is 10.2. The summed E-state index contributed by atoms with van der Waals surface area (Å²) in [7, 11) is 0. The molecule has 4 aromatic carbocycles. The number of thiocarbonyl (C=S) groups is 1. The van der Waals surface area contributed by atoms with E-state index in [0.717, 1.165) is 28.0 Å². The normalized spacial score (nSPS) is 11.7. The van der Waals surface area contributed by atoms with Crippen LogP contribution in [0.5, 0.6) is 0 Å². The predicted molar refractivity (Wildman–Crippen MR) is 133 cm³/mol. The minimum Gasteiger partial charge on any atom is -0.345 e. The molecular weight excluding hydrogens is 384 g/mol. The fraction of sp³-hybridized carbons (Fsp3) is 0. The van der Waals surface area contributed by atoms with Gasteiger partial charge in [-0.15, -0.1) is 0 Å². The van der Waals surface area contributed by atoms with Crippen LogP contribution >= 0.6 is 12.2 Å². The van der Waals surface area contributed by atoms with Gasteiger partial charge in [-0.05, 0) is 35.9 Å². The minimum absolute atomic E-state index is 0.677. The Kier molecular flexibility index (Phi) is 4.88. The highest BCUT2D eigenvalue weighted by Crippen LogP contribution is 2.33. The Morgan fingerprint density at radius 1 is 0.633 bits per heavy atom. The average molecular weight is 405 g/mol. The molecule has 1 heterocycles. The third kappa shape index (κ3) is 3.40. The minimum atomic E-state index is 0.677. The Balaban J connectivity index is 1.75. The zero-order chi connectivity index (χ0) is 20.3. The summed E-state index contributed by atoms with van der Waals surface area (Å²) in [5.41, 5.74) is 5.29. The highest BCUT2D eigenvalue weighted by Gasteiger charge is 2.16. The number of hydrogen-bond donors (Lipinski definition) is 1. The monoisotopic (exact) mass is 404 g/mol. The Bertz CT molecular complexity index is 1310. The number of rotatable bonds is 4. The lowest BCUT2D eigenvalue weighted by Crippen LogP contribution is -2.15. The topological polar surface area (TPSA) is 17.0 Å². The van der Waals surface area contributed by atoms with Gasteiger partial charge in [-0.25, -0.2) is 0 Å². The van der Waals surface area contributed by atoms with Crippen LogP contribution in [-0.2, 0) is 0 Å². The third-order valence-electron chi connectivity index (χ3n) is 5.19. The first kappa shape index (κ1) is 18.3. The van der Waals surface area contributed by atoms with Gasteiger partial charge in [0.05, 0.1) is 16.7 Å². The molecule has 3 heteroatoms. The summed E-state index contributed by atoms with van der Waals surface area (Å²) in [5.74, 6) is 0. The van der Waals surface area contributed by atoms with E-state index in [0.29, 0.717) is 4.99 Å². The van der Waals surface area contributed by atoms with Crippen molar-refractivity contribution >= 4 is 56.5 Å². The third-order valence-corrected chi connectivity index (χ3v) is 5.50. The molecule has 0 saturated heterocycles. The first-order chi connectivity index (χ1) is 14.8. The summed E-state index contributed by atoms with van der Waals surface area (Å²) >= 11 is 5.93. The highest BCUT2D eigenvalue weighted by molar-refractivity contribution is 7.81. The molecule has 144 valence electrons. The molecule has 1 N–H and O–H groups in total. The van der Waals surface area contributed by atoms with Crippen LogP contribution in [0.15, 0.2) is 109 Å². The van der Waals surface area contributed by atoms with Gasteiger partial charge in [-0.3, -0.25) is 0 Å². The van der Waals surface area contributed by atoms with Crippen LogP contribution in [0, 0.1) is 0 Å². The number of nitrogens with zero attached hydrogens (tertiary/aromatic N) is 1. The molecule has 0 atom stereocenters. The Hall–Kier alpha value is -3.69. The Morgan fingerprint density at radius 2 is 1.13 bits per heavy atom. The van der Waals surface area contributed by atoms with Gasteiger partial charge < -0.3 is 9.88 Å². The van der Waals surface area contributed by atoms with E-state index in [1.54, 1.807) is 0 Å². The summed E-state index contributed by atoms with van der Waals surface area (Å²) in [6.45, 7) is 0. The quantitative estimate of drug-likeness (QED) is 0.251. The van der Waals surface area contributed by atoms with E-state index in [1.807, 2.05) is 48.5 Å². The van der Waals surface area contributed by atoms with Crippen molar-refractivity contribution in [2.24, 2.45) is 0 Å². The molecular formula is C27H20N2S. The predicted octanol–water partition coefficient (Wildman–Crippen LogP) is 7.23. The number of aromatic nitrogens is 1. The first-order valence-electron chi connectivity index (χ1n) is 9.93. The second kappa shape index (κ2) is 7.97. The fourth-order valence-corrected chi connectivity index (χ4v) is 4.11. The summed E-state index contributed by atoms with van der Waals surface area (Å²) in [5, 5.41) is 5.86. The van der Waals surface area contributed by atoms with Crippen LogP contribution in [-0.4, -0.2) is 9.56 Å². The van der Waals surface area contributed by atoms with Gasteiger partial charge >= 0.3 is 0 Å². The first-order valence-corrected chi connectivity index (χ1v) is 10.3. The van der Waals surface area contributed by atoms with Crippen molar-refractivity contribution in [2.45, 2.75) is 0 Å². The van der Waals surface area contributed by atoms with E-state index in [-0.39, 0.29) is 0 Å². The van der Waals surface area contributed by atoms with Gasteiger partial charge in [0.15, 0.2) is 0 Å². The molecule has 0 radical (unpaired) electrons. The van der Waals surface area contributed by atoms with Crippen LogP contribution in [0.25, 0.3) is 33.6 Å². The van der Waals surface area contributed by atoms with E-state index in [9.17, 15) is 0 Å². The second-order valence-electron chi connectivity index (χ2n) is 7.13. The average Bonchev–Trinajstić information content (AvgIpc) is 3.13. The van der Waals surface area contributed by atoms with Crippen molar-refractivity contribution < 1.29 is 0 Å². The van der Waals surface area contributed by atoms with Crippen molar-refractivity contribution in [3.05, 3.63) is 115 Å². The van der Waals surface area contributed by atoms with Gasteiger partial charge in [-0.1, -0.05) is 97.1 Å². The van der Waals surface area contributed by atoms with E-state index in [4.69, 9.17) is 12.2 Å². The van der Waals surface area contributed by atoms with E-state index < -0.39 is 0 Å². The Morgan fingerprint density at radius 3 is 1.73 bits per heavy atom. The molecule has 30 heavy (non-hydrogen) atoms. The molecule has 5 aromatic rings. The van der Waals surface area contributed by atoms with Gasteiger partial charge in [0.1, 0.15) is 4.99 Å². The number of para-hydroxylation sites is 3. The van der Waals surface area contributed by atoms with Gasteiger partial charge in [-0.2, -0.15) is 0 Å². The summed E-state index contributed by atoms with van der Waals surface area (Å²) in [6.07, 6.45) is 2.15. The Labute approximate surface area is 181 Å². The molecule has 0 fully saturated rings. The fourth-order valence-electron chi connectivity index (χ4n) is 3.84. The zero-order valence-corrected chi connectivity index (χ0v) is 17.1. The molecule has 0 aliphatic rings. The van der Waals surface area contributed by atoms with Crippen molar-refractivity contribution in [2.75, 3.05) is 5.32 Å². The van der Waals surface area contributed by atoms with Gasteiger partial charge in [0.2, 0.25) is 0 Å². The molecule has 5 rings (SSSR count). The number of benzene rings is 4. The van der Waals surface area contributed by atoms with Crippen molar-refractivity contribution in [1.82, 2.24) is 4.57 Å². The van der Waals surface area contributed by atoms with Crippen LogP contribution in [0.2, 0.25) is 0 Å². The summed E-state index contributed by atoms with van der Waals surface area (Å²) < 4.78 is 2.26. The van der Waals surface area contributed by atoms with Crippen LogP contribution in [0.4, 0.5) is 5.69 Å². The van der Waals surface area contributed by atoms with Crippen molar-refractivity contribution in [3.8, 4) is 0 Å². The van der Waals surface area contributed by atoms with Crippen LogP contribution in [0.3, 0.4) is 0 Å². The van der Waals surface area contributed by atoms with Crippen LogP contribution in [0.1, 0.15) is 5.56 Å². The maximum atomic E-state index is 5.93. The maximum absolute atomic E-state index is 5.93. The second-order valence-corrected chi connectivity index (χ2v) is 7.54. The lowest BCUT2D eigenvalue weighted by Gasteiger charge is -2.16. The van der Waals surface area contributed by atoms with Gasteiger partial charge in [0, 0.05) is 16.5 Å². The molecule has 0 saturated carbocycles. The number of anilines is 1. The molecule has 0 aliphatic carbocycles. The SMILES string of the molecule is S=C(Nc1ccccc1)C(=Cc1ccccc1)n1c2ccccc2c2ccccc21. The number of nitrogens with one attached hydrogen (secondary N) is 1. The zero-order valence-electron chi connectivity index (χ0n) is 16.3. The van der Waals surface area contributed by atoms with Crippen molar-refractivity contribution in [3.63, 3.8) is 0 Å². The molecule has 2 nitrogen and oxygen atoms in total. The molecule has 0 unspecified atom stereocenters. The highest BCUT2D eigenvalue weighted by atomic mass is 32.1. The lowest BCUT2D eigenvalue weighted by molar-refractivity contribution is 1.26. The summed E-state index contributed by atoms with van der Waals surface area (Å²) in [4.78, 5) is 0.677. The molecule has 1 aromatic heterocycles. The molecule has 0 spiro atoms. The molecule has 0 bridgehead atoms. The smallest absolute Gasteiger partial charge is 0.128 e. The number of hydrogen-bond acceptors (Lipinski definition) is 1. The van der Waals surface area contributed by atoms with Gasteiger partial charge in [0.25, 0.3) is 0 Å². The van der Waals surface area contributed by atoms with E-state index >= 15 is 0 Å². The van der Waals surface area contributed by atoms with E-state index in [2.05, 4.69) is 76.6 Å².